The predicted octanol–water partition coefficient (Wildman–Crippen LogP) is 2.62. The number of nitrogens with one attached hydrogen (secondary N) is 3. The zero-order valence-electron chi connectivity index (χ0n) is 14.0. The van der Waals surface area contributed by atoms with Gasteiger partial charge in [0.2, 0.25) is 0 Å². The average Bonchev–Trinajstić information content (AvgIpc) is 2.63. The Morgan fingerprint density at radius 2 is 1.69 bits per heavy atom. The number of sulfonamides is 1. The summed E-state index contributed by atoms with van der Waals surface area (Å²) < 4.78 is 27.7. The van der Waals surface area contributed by atoms with Crippen LogP contribution >= 0.6 is 11.6 Å². The Labute approximate surface area is 158 Å². The quantitative estimate of drug-likeness (QED) is 0.728. The first-order chi connectivity index (χ1) is 12.5. The zero-order valence-corrected chi connectivity index (χ0v) is 15.6. The van der Waals surface area contributed by atoms with Crippen LogP contribution in [0.25, 0.3) is 0 Å². The van der Waals surface area contributed by atoms with E-state index >= 15 is 0 Å². The third-order valence-electron chi connectivity index (χ3n) is 4.21. The van der Waals surface area contributed by atoms with E-state index in [0.717, 1.165) is 25.9 Å². The van der Waals surface area contributed by atoms with Gasteiger partial charge in [-0.3, -0.25) is 9.52 Å². The highest BCUT2D eigenvalue weighted by Crippen LogP contribution is 2.21. The fourth-order valence-electron chi connectivity index (χ4n) is 2.82. The van der Waals surface area contributed by atoms with E-state index in [1.54, 1.807) is 24.3 Å². The van der Waals surface area contributed by atoms with Crippen LogP contribution in [0.2, 0.25) is 5.02 Å². The summed E-state index contributed by atoms with van der Waals surface area (Å²) in [5, 5.41) is 6.67. The molecule has 2 aromatic carbocycles. The van der Waals surface area contributed by atoms with Crippen LogP contribution in [-0.2, 0) is 10.0 Å². The molecule has 0 aliphatic carbocycles. The summed E-state index contributed by atoms with van der Waals surface area (Å²) in [7, 11) is -3.82. The normalized spacial score (nSPS) is 15.4. The molecule has 3 N–H and O–H groups in total. The number of hydrogen-bond acceptors (Lipinski definition) is 4. The number of halogens is 1. The van der Waals surface area contributed by atoms with Crippen LogP contribution in [0.4, 0.5) is 5.69 Å². The SMILES string of the molecule is O=C(NC1CCNCC1)c1ccccc1NS(=O)(=O)c1ccc(Cl)cc1. The molecule has 6 nitrogen and oxygen atoms in total. The van der Waals surface area contributed by atoms with Crippen LogP contribution in [0.5, 0.6) is 0 Å². The number of para-hydroxylation sites is 1. The highest BCUT2D eigenvalue weighted by molar-refractivity contribution is 7.92. The summed E-state index contributed by atoms with van der Waals surface area (Å²) in [6.07, 6.45) is 1.70. The summed E-state index contributed by atoms with van der Waals surface area (Å²) in [6, 6.07) is 12.5. The van der Waals surface area contributed by atoms with Gasteiger partial charge in [0.15, 0.2) is 0 Å². The number of rotatable bonds is 5. The van der Waals surface area contributed by atoms with E-state index in [-0.39, 0.29) is 22.5 Å². The third kappa shape index (κ3) is 4.55. The lowest BCUT2D eigenvalue weighted by Gasteiger charge is -2.24. The van der Waals surface area contributed by atoms with Gasteiger partial charge in [-0.1, -0.05) is 23.7 Å². The van der Waals surface area contributed by atoms with Gasteiger partial charge in [-0.2, -0.15) is 0 Å². The Hall–Kier alpha value is -2.09. The van der Waals surface area contributed by atoms with E-state index in [4.69, 9.17) is 11.6 Å². The van der Waals surface area contributed by atoms with Crippen LogP contribution in [-0.4, -0.2) is 33.5 Å². The van der Waals surface area contributed by atoms with E-state index < -0.39 is 10.0 Å². The number of anilines is 1. The Morgan fingerprint density at radius 1 is 1.04 bits per heavy atom. The molecule has 0 saturated carbocycles. The summed E-state index contributed by atoms with van der Waals surface area (Å²) >= 11 is 5.81. The summed E-state index contributed by atoms with van der Waals surface area (Å²) in [6.45, 7) is 1.71. The molecule has 1 saturated heterocycles. The van der Waals surface area contributed by atoms with Gasteiger partial charge in [0.1, 0.15) is 0 Å². The Bertz CT molecular complexity index is 879. The van der Waals surface area contributed by atoms with E-state index in [1.165, 1.54) is 24.3 Å². The van der Waals surface area contributed by atoms with Crippen LogP contribution in [0.1, 0.15) is 23.2 Å². The minimum Gasteiger partial charge on any atom is -0.349 e. The lowest BCUT2D eigenvalue weighted by Crippen LogP contribution is -2.42. The predicted molar refractivity (Wildman–Crippen MR) is 102 cm³/mol. The van der Waals surface area contributed by atoms with Crippen molar-refractivity contribution in [2.24, 2.45) is 0 Å². The summed E-state index contributed by atoms with van der Waals surface area (Å²) in [5.74, 6) is -0.286. The van der Waals surface area contributed by atoms with Crippen LogP contribution < -0.4 is 15.4 Å². The molecular formula is C18H20ClN3O3S. The Balaban J connectivity index is 1.80. The van der Waals surface area contributed by atoms with Crippen molar-refractivity contribution < 1.29 is 13.2 Å². The first-order valence-corrected chi connectivity index (χ1v) is 10.2. The monoisotopic (exact) mass is 393 g/mol. The molecule has 0 atom stereocenters. The topological polar surface area (TPSA) is 87.3 Å². The molecule has 26 heavy (non-hydrogen) atoms. The average molecular weight is 394 g/mol. The van der Waals surface area contributed by atoms with Gasteiger partial charge in [0.05, 0.1) is 16.1 Å². The Kier molecular flexibility index (Phi) is 5.80. The Morgan fingerprint density at radius 3 is 2.38 bits per heavy atom. The molecule has 1 aliphatic heterocycles. The fourth-order valence-corrected chi connectivity index (χ4v) is 4.02. The van der Waals surface area contributed by atoms with Crippen LogP contribution in [0, 0.1) is 0 Å². The number of amides is 1. The highest BCUT2D eigenvalue weighted by atomic mass is 35.5. The van der Waals surface area contributed by atoms with Crippen molar-refractivity contribution in [1.82, 2.24) is 10.6 Å². The molecule has 8 heteroatoms. The first-order valence-electron chi connectivity index (χ1n) is 8.35. The molecule has 1 aliphatic rings. The van der Waals surface area contributed by atoms with Gasteiger partial charge in [-0.15, -0.1) is 0 Å². The minimum atomic E-state index is -3.82. The molecule has 0 spiro atoms. The van der Waals surface area contributed by atoms with Crippen molar-refractivity contribution in [1.29, 1.82) is 0 Å². The molecule has 1 fully saturated rings. The number of piperidine rings is 1. The van der Waals surface area contributed by atoms with Crippen molar-refractivity contribution in [2.45, 2.75) is 23.8 Å². The lowest BCUT2D eigenvalue weighted by atomic mass is 10.1. The number of benzene rings is 2. The van der Waals surface area contributed by atoms with E-state index in [1.807, 2.05) is 0 Å². The van der Waals surface area contributed by atoms with Crippen LogP contribution in [0.15, 0.2) is 53.4 Å². The molecule has 138 valence electrons. The lowest BCUT2D eigenvalue weighted by molar-refractivity contribution is 0.0930. The third-order valence-corrected chi connectivity index (χ3v) is 5.85. The maximum atomic E-state index is 12.6. The van der Waals surface area contributed by atoms with Gasteiger partial charge >= 0.3 is 0 Å². The molecule has 0 aromatic heterocycles. The van der Waals surface area contributed by atoms with Crippen molar-refractivity contribution >= 4 is 33.2 Å². The minimum absolute atomic E-state index is 0.0791. The second-order valence-electron chi connectivity index (χ2n) is 6.10. The highest BCUT2D eigenvalue weighted by Gasteiger charge is 2.21. The molecule has 0 unspecified atom stereocenters. The molecule has 1 heterocycles. The number of carbonyl (C=O) groups is 1. The van der Waals surface area contributed by atoms with Crippen molar-refractivity contribution in [3.8, 4) is 0 Å². The van der Waals surface area contributed by atoms with E-state index in [0.29, 0.717) is 10.6 Å². The fraction of sp³-hybridized carbons (Fsp3) is 0.278. The smallest absolute Gasteiger partial charge is 0.261 e. The molecular weight excluding hydrogens is 374 g/mol. The van der Waals surface area contributed by atoms with Gasteiger partial charge in [-0.05, 0) is 62.3 Å². The largest absolute Gasteiger partial charge is 0.349 e. The maximum Gasteiger partial charge on any atom is 0.261 e. The second-order valence-corrected chi connectivity index (χ2v) is 8.22. The van der Waals surface area contributed by atoms with Crippen molar-refractivity contribution in [3.63, 3.8) is 0 Å². The van der Waals surface area contributed by atoms with Crippen LogP contribution in [0.3, 0.4) is 0 Å². The van der Waals surface area contributed by atoms with Crippen molar-refractivity contribution in [3.05, 3.63) is 59.1 Å². The van der Waals surface area contributed by atoms with E-state index in [9.17, 15) is 13.2 Å². The molecule has 1 amide bonds. The molecule has 3 rings (SSSR count). The number of hydrogen-bond donors (Lipinski definition) is 3. The van der Waals surface area contributed by atoms with Gasteiger partial charge in [-0.25, -0.2) is 8.42 Å². The summed E-state index contributed by atoms with van der Waals surface area (Å²) in [4.78, 5) is 12.7. The zero-order chi connectivity index (χ0) is 18.6. The van der Waals surface area contributed by atoms with Gasteiger partial charge < -0.3 is 10.6 Å². The van der Waals surface area contributed by atoms with Gasteiger partial charge in [0.25, 0.3) is 15.9 Å². The van der Waals surface area contributed by atoms with Crippen molar-refractivity contribution in [2.75, 3.05) is 17.8 Å². The molecule has 0 radical (unpaired) electrons. The van der Waals surface area contributed by atoms with Gasteiger partial charge in [0, 0.05) is 11.1 Å². The second kappa shape index (κ2) is 8.07. The van der Waals surface area contributed by atoms with E-state index in [2.05, 4.69) is 15.4 Å². The summed E-state index contributed by atoms with van der Waals surface area (Å²) in [5.41, 5.74) is 0.539. The standard InChI is InChI=1S/C18H20ClN3O3S/c19-13-5-7-15(8-6-13)26(24,25)22-17-4-2-1-3-16(17)18(23)21-14-9-11-20-12-10-14/h1-8,14,20,22H,9-12H2,(H,21,23). The first kappa shape index (κ1) is 18.7. The molecule has 0 bridgehead atoms. The molecule has 2 aromatic rings. The maximum absolute atomic E-state index is 12.6. The number of carbonyl (C=O) groups excluding carboxylic acids is 1.